The van der Waals surface area contributed by atoms with Gasteiger partial charge in [0.1, 0.15) is 17.1 Å². The number of methoxy groups -OCH3 is 1. The van der Waals surface area contributed by atoms with E-state index >= 15 is 0 Å². The van der Waals surface area contributed by atoms with Crippen LogP contribution < -0.4 is 10.5 Å². The molecule has 3 rings (SSSR count). The zero-order chi connectivity index (χ0) is 16.4. The van der Waals surface area contributed by atoms with Gasteiger partial charge >= 0.3 is 5.97 Å². The highest BCUT2D eigenvalue weighted by atomic mass is 16.6. The van der Waals surface area contributed by atoms with Crippen molar-refractivity contribution < 1.29 is 14.3 Å². The van der Waals surface area contributed by atoms with Gasteiger partial charge in [0.05, 0.1) is 12.8 Å². The number of nitrogens with two attached hydrogens (primary N) is 1. The van der Waals surface area contributed by atoms with E-state index in [1.807, 2.05) is 31.2 Å². The maximum Gasteiger partial charge on any atom is 0.343 e. The number of esters is 1. The summed E-state index contributed by atoms with van der Waals surface area (Å²) in [5.41, 5.74) is 7.37. The predicted octanol–water partition coefficient (Wildman–Crippen LogP) is 1.86. The summed E-state index contributed by atoms with van der Waals surface area (Å²) < 4.78 is 11.6. The van der Waals surface area contributed by atoms with Crippen molar-refractivity contribution in [1.29, 1.82) is 0 Å². The first-order chi connectivity index (χ1) is 11.1. The molecule has 118 valence electrons. The Morgan fingerprint density at radius 1 is 1.30 bits per heavy atom. The fourth-order valence-electron chi connectivity index (χ4n) is 2.24. The number of nitrogens with zero attached hydrogens (tertiary/aromatic N) is 3. The van der Waals surface area contributed by atoms with Crippen LogP contribution in [0.2, 0.25) is 0 Å². The number of ether oxygens (including phenoxy) is 2. The summed E-state index contributed by atoms with van der Waals surface area (Å²) in [5, 5.41) is 5.21. The van der Waals surface area contributed by atoms with Gasteiger partial charge in [-0.05, 0) is 25.1 Å². The molecule has 0 aliphatic heterocycles. The second-order valence-electron chi connectivity index (χ2n) is 4.98. The van der Waals surface area contributed by atoms with Crippen molar-refractivity contribution >= 4 is 22.7 Å². The Kier molecular flexibility index (Phi) is 3.84. The number of aromatic nitrogens is 3. The Morgan fingerprint density at radius 3 is 2.83 bits per heavy atom. The number of hydrogen-bond acceptors (Lipinski definition) is 6. The maximum atomic E-state index is 11.3. The minimum Gasteiger partial charge on any atom is -0.480 e. The van der Waals surface area contributed by atoms with E-state index in [9.17, 15) is 4.79 Å². The number of hydrogen-bond donors (Lipinski definition) is 1. The monoisotopic (exact) mass is 312 g/mol. The molecule has 1 aromatic carbocycles. The summed E-state index contributed by atoms with van der Waals surface area (Å²) in [7, 11) is 1.31. The largest absolute Gasteiger partial charge is 0.480 e. The molecule has 0 saturated heterocycles. The number of carbonyl (C=O) groups excluding carboxylic acids is 1. The van der Waals surface area contributed by atoms with Crippen LogP contribution in [0, 0.1) is 6.92 Å². The molecule has 2 heterocycles. The minimum absolute atomic E-state index is 0.176. The molecule has 7 heteroatoms. The number of benzene rings is 1. The third-order valence-electron chi connectivity index (χ3n) is 3.32. The Labute approximate surface area is 132 Å². The van der Waals surface area contributed by atoms with Crippen LogP contribution >= 0.6 is 0 Å². The summed E-state index contributed by atoms with van der Waals surface area (Å²) in [6.45, 7) is 1.68. The van der Waals surface area contributed by atoms with Crippen LogP contribution in [-0.4, -0.2) is 34.5 Å². The Bertz CT molecular complexity index is 873. The summed E-state index contributed by atoms with van der Waals surface area (Å²) in [6, 6.07) is 11.0. The zero-order valence-corrected chi connectivity index (χ0v) is 12.8. The smallest absolute Gasteiger partial charge is 0.343 e. The summed E-state index contributed by atoms with van der Waals surface area (Å²) in [5.74, 6) is 1.13. The molecule has 0 atom stereocenters. The predicted molar refractivity (Wildman–Crippen MR) is 85.5 cm³/mol. The molecule has 0 saturated carbocycles. The number of pyridine rings is 1. The van der Waals surface area contributed by atoms with Crippen molar-refractivity contribution in [2.45, 2.75) is 6.92 Å². The lowest BCUT2D eigenvalue weighted by molar-refractivity contribution is -0.142. The van der Waals surface area contributed by atoms with E-state index in [1.54, 1.807) is 16.8 Å². The Balaban J connectivity index is 2.03. The highest BCUT2D eigenvalue weighted by molar-refractivity contribution is 5.85. The van der Waals surface area contributed by atoms with Gasteiger partial charge in [0.25, 0.3) is 0 Å². The lowest BCUT2D eigenvalue weighted by Gasteiger charge is -2.09. The van der Waals surface area contributed by atoms with E-state index in [4.69, 9.17) is 10.5 Å². The summed E-state index contributed by atoms with van der Waals surface area (Å²) >= 11 is 0. The molecule has 23 heavy (non-hydrogen) atoms. The molecule has 7 nitrogen and oxygen atoms in total. The molecule has 0 fully saturated rings. The van der Waals surface area contributed by atoms with Crippen LogP contribution in [0.3, 0.4) is 0 Å². The van der Waals surface area contributed by atoms with Crippen molar-refractivity contribution in [3.8, 4) is 11.6 Å². The first-order valence-corrected chi connectivity index (χ1v) is 7.00. The molecule has 0 aliphatic carbocycles. The van der Waals surface area contributed by atoms with Crippen LogP contribution in [0.4, 0.5) is 5.82 Å². The first kappa shape index (κ1) is 14.8. The van der Waals surface area contributed by atoms with Crippen molar-refractivity contribution in [3.05, 3.63) is 42.1 Å². The van der Waals surface area contributed by atoms with Crippen molar-refractivity contribution in [3.63, 3.8) is 0 Å². The van der Waals surface area contributed by atoms with Crippen molar-refractivity contribution in [2.24, 2.45) is 0 Å². The fourth-order valence-corrected chi connectivity index (χ4v) is 2.24. The SMILES string of the molecule is COC(=O)COc1cccc2ccc(-n3nc(C)cc3N)nc12. The standard InChI is InChI=1S/C16H16N4O3/c1-10-8-13(17)20(19-10)14-7-6-11-4-3-5-12(16(11)18-14)23-9-15(21)22-2/h3-8H,9,17H2,1-2H3. The molecular formula is C16H16N4O3. The van der Waals surface area contributed by atoms with Crippen LogP contribution in [-0.2, 0) is 9.53 Å². The summed E-state index contributed by atoms with van der Waals surface area (Å²) in [4.78, 5) is 15.8. The topological polar surface area (TPSA) is 92.3 Å². The normalized spacial score (nSPS) is 10.7. The number of rotatable bonds is 4. The Hall–Kier alpha value is -3.09. The van der Waals surface area contributed by atoms with Gasteiger partial charge in [-0.25, -0.2) is 9.78 Å². The van der Waals surface area contributed by atoms with E-state index in [2.05, 4.69) is 14.8 Å². The van der Waals surface area contributed by atoms with Gasteiger partial charge in [0.15, 0.2) is 12.4 Å². The van der Waals surface area contributed by atoms with Gasteiger partial charge in [-0.3, -0.25) is 0 Å². The molecule has 2 N–H and O–H groups in total. The van der Waals surface area contributed by atoms with Crippen LogP contribution in [0.25, 0.3) is 16.7 Å². The molecule has 0 unspecified atom stereocenters. The quantitative estimate of drug-likeness (QED) is 0.739. The van der Waals surface area contributed by atoms with Crippen LogP contribution in [0.5, 0.6) is 5.75 Å². The second kappa shape index (κ2) is 5.96. The number of carbonyl (C=O) groups is 1. The molecule has 0 aliphatic rings. The number of para-hydroxylation sites is 1. The van der Waals surface area contributed by atoms with Gasteiger partial charge in [-0.2, -0.15) is 9.78 Å². The van der Waals surface area contributed by atoms with Gasteiger partial charge in [0, 0.05) is 11.5 Å². The average Bonchev–Trinajstić information content (AvgIpc) is 2.90. The lowest BCUT2D eigenvalue weighted by Crippen LogP contribution is -2.13. The molecule has 3 aromatic rings. The number of nitrogen functional groups attached to an aromatic ring is 1. The highest BCUT2D eigenvalue weighted by Crippen LogP contribution is 2.25. The number of aryl methyl sites for hydroxylation is 1. The van der Waals surface area contributed by atoms with Crippen LogP contribution in [0.15, 0.2) is 36.4 Å². The highest BCUT2D eigenvalue weighted by Gasteiger charge is 2.10. The molecule has 2 aromatic heterocycles. The van der Waals surface area contributed by atoms with E-state index in [0.717, 1.165) is 11.1 Å². The molecular weight excluding hydrogens is 296 g/mol. The molecule has 0 spiro atoms. The van der Waals surface area contributed by atoms with Gasteiger partial charge < -0.3 is 15.2 Å². The number of fused-ring (bicyclic) bond motifs is 1. The van der Waals surface area contributed by atoms with Crippen molar-refractivity contribution in [2.75, 3.05) is 19.5 Å². The first-order valence-electron chi connectivity index (χ1n) is 7.00. The third-order valence-corrected chi connectivity index (χ3v) is 3.32. The van der Waals surface area contributed by atoms with Gasteiger partial charge in [-0.1, -0.05) is 12.1 Å². The average molecular weight is 312 g/mol. The molecule has 0 amide bonds. The van der Waals surface area contributed by atoms with Crippen LogP contribution in [0.1, 0.15) is 5.69 Å². The lowest BCUT2D eigenvalue weighted by atomic mass is 10.2. The summed E-state index contributed by atoms with van der Waals surface area (Å²) in [6.07, 6.45) is 0. The molecule has 0 radical (unpaired) electrons. The van der Waals surface area contributed by atoms with E-state index in [0.29, 0.717) is 22.9 Å². The Morgan fingerprint density at radius 2 is 2.13 bits per heavy atom. The van der Waals surface area contributed by atoms with E-state index in [-0.39, 0.29) is 6.61 Å². The molecule has 0 bridgehead atoms. The minimum atomic E-state index is -0.454. The third kappa shape index (κ3) is 2.94. The van der Waals surface area contributed by atoms with E-state index in [1.165, 1.54) is 7.11 Å². The zero-order valence-electron chi connectivity index (χ0n) is 12.8. The van der Waals surface area contributed by atoms with Gasteiger partial charge in [0.2, 0.25) is 0 Å². The van der Waals surface area contributed by atoms with E-state index < -0.39 is 5.97 Å². The van der Waals surface area contributed by atoms with Crippen molar-refractivity contribution in [1.82, 2.24) is 14.8 Å². The second-order valence-corrected chi connectivity index (χ2v) is 4.98. The fraction of sp³-hybridized carbons (Fsp3) is 0.188. The number of anilines is 1. The van der Waals surface area contributed by atoms with Gasteiger partial charge in [-0.15, -0.1) is 0 Å². The maximum absolute atomic E-state index is 11.3.